The van der Waals surface area contributed by atoms with Gasteiger partial charge in [-0.05, 0) is 63.7 Å². The van der Waals surface area contributed by atoms with Crippen molar-refractivity contribution in [2.24, 2.45) is 29.6 Å². The second kappa shape index (κ2) is 15.8. The Morgan fingerprint density at radius 3 is 1.98 bits per heavy atom. The van der Waals surface area contributed by atoms with Gasteiger partial charge in [0.05, 0.1) is 19.3 Å². The van der Waals surface area contributed by atoms with Gasteiger partial charge in [-0.15, -0.1) is 0 Å². The average molecular weight is 582 g/mol. The van der Waals surface area contributed by atoms with E-state index in [4.69, 9.17) is 9.47 Å². The van der Waals surface area contributed by atoms with Crippen molar-refractivity contribution >= 4 is 23.9 Å². The van der Waals surface area contributed by atoms with Crippen LogP contribution in [0.2, 0.25) is 0 Å². The number of rotatable bonds is 12. The summed E-state index contributed by atoms with van der Waals surface area (Å²) >= 11 is 0. The molecule has 0 saturated heterocycles. The van der Waals surface area contributed by atoms with Gasteiger partial charge in [0.2, 0.25) is 11.8 Å². The van der Waals surface area contributed by atoms with Crippen molar-refractivity contribution in [2.75, 3.05) is 7.11 Å². The SMILES string of the molecule is COC(=O)C(NC(=O)[C@H](NC(=O)[C@@H]1CCCC1C(O)C(CC1CCCCC1)NC(=O)OC(C)(C)C)C(C)C)C(C)C. The Balaban J connectivity index is 2.17. The van der Waals surface area contributed by atoms with Crippen molar-refractivity contribution in [1.82, 2.24) is 16.0 Å². The molecule has 0 spiro atoms. The summed E-state index contributed by atoms with van der Waals surface area (Å²) in [4.78, 5) is 51.8. The second-order valence-electron chi connectivity index (χ2n) is 13.7. The zero-order chi connectivity index (χ0) is 30.9. The van der Waals surface area contributed by atoms with E-state index in [0.717, 1.165) is 32.1 Å². The molecule has 4 N–H and O–H groups in total. The third-order valence-corrected chi connectivity index (χ3v) is 8.44. The van der Waals surface area contributed by atoms with Gasteiger partial charge in [0.25, 0.3) is 0 Å². The number of carbonyl (C=O) groups is 4. The van der Waals surface area contributed by atoms with E-state index >= 15 is 0 Å². The summed E-state index contributed by atoms with van der Waals surface area (Å²) in [6.45, 7) is 12.7. The number of hydrogen-bond acceptors (Lipinski definition) is 7. The number of methoxy groups -OCH3 is 1. The molecule has 41 heavy (non-hydrogen) atoms. The van der Waals surface area contributed by atoms with Gasteiger partial charge in [0, 0.05) is 5.92 Å². The van der Waals surface area contributed by atoms with E-state index in [2.05, 4.69) is 16.0 Å². The Hall–Kier alpha value is -2.36. The van der Waals surface area contributed by atoms with E-state index in [9.17, 15) is 24.3 Å². The highest BCUT2D eigenvalue weighted by Crippen LogP contribution is 2.38. The van der Waals surface area contributed by atoms with Crippen LogP contribution in [0.3, 0.4) is 0 Å². The lowest BCUT2D eigenvalue weighted by Crippen LogP contribution is -2.57. The molecule has 0 aromatic carbocycles. The minimum atomic E-state index is -0.932. The number of amides is 3. The summed E-state index contributed by atoms with van der Waals surface area (Å²) in [5.41, 5.74) is -0.672. The first-order valence-electron chi connectivity index (χ1n) is 15.5. The van der Waals surface area contributed by atoms with E-state index in [0.29, 0.717) is 25.2 Å². The van der Waals surface area contributed by atoms with Gasteiger partial charge in [0.1, 0.15) is 17.7 Å². The van der Waals surface area contributed by atoms with Crippen LogP contribution in [-0.4, -0.2) is 65.9 Å². The standard InChI is InChI=1S/C31H55N3O7/c1-18(2)24(28(37)34-25(19(3)4)29(38)40-8)33-27(36)22-16-12-15-21(22)26(35)23(17-20-13-10-9-11-14-20)32-30(39)41-31(5,6)7/h18-26,35H,9-17H2,1-8H3,(H,32,39)(H,33,36)(H,34,37)/t21?,22-,23?,24-,25?,26?/m1/s1. The van der Waals surface area contributed by atoms with Crippen LogP contribution in [0.25, 0.3) is 0 Å². The smallest absolute Gasteiger partial charge is 0.407 e. The molecule has 0 radical (unpaired) electrons. The topological polar surface area (TPSA) is 143 Å². The number of nitrogens with one attached hydrogen (secondary N) is 3. The van der Waals surface area contributed by atoms with Gasteiger partial charge in [-0.25, -0.2) is 9.59 Å². The molecule has 2 aliphatic rings. The molecule has 10 heteroatoms. The number of esters is 1. The van der Waals surface area contributed by atoms with Gasteiger partial charge in [-0.3, -0.25) is 9.59 Å². The van der Waals surface area contributed by atoms with Gasteiger partial charge < -0.3 is 30.5 Å². The van der Waals surface area contributed by atoms with E-state index in [1.165, 1.54) is 13.5 Å². The molecule has 2 saturated carbocycles. The van der Waals surface area contributed by atoms with Crippen molar-refractivity contribution in [3.8, 4) is 0 Å². The van der Waals surface area contributed by atoms with E-state index in [-0.39, 0.29) is 23.7 Å². The number of aliphatic hydroxyl groups excluding tert-OH is 1. The minimum absolute atomic E-state index is 0.192. The molecular formula is C31H55N3O7. The molecule has 236 valence electrons. The van der Waals surface area contributed by atoms with Crippen LogP contribution in [0.4, 0.5) is 4.79 Å². The molecule has 2 aliphatic carbocycles. The highest BCUT2D eigenvalue weighted by atomic mass is 16.6. The molecule has 4 unspecified atom stereocenters. The molecule has 10 nitrogen and oxygen atoms in total. The third kappa shape index (κ3) is 10.8. The third-order valence-electron chi connectivity index (χ3n) is 8.44. The zero-order valence-electron chi connectivity index (χ0n) is 26.5. The Morgan fingerprint density at radius 1 is 0.829 bits per heavy atom. The molecule has 0 aromatic heterocycles. The van der Waals surface area contributed by atoms with Crippen LogP contribution in [0.1, 0.15) is 106 Å². The number of hydrogen-bond donors (Lipinski definition) is 4. The van der Waals surface area contributed by atoms with Crippen LogP contribution in [0, 0.1) is 29.6 Å². The monoisotopic (exact) mass is 581 g/mol. The summed E-state index contributed by atoms with van der Waals surface area (Å²) < 4.78 is 10.3. The Morgan fingerprint density at radius 2 is 1.44 bits per heavy atom. The van der Waals surface area contributed by atoms with Crippen molar-refractivity contribution in [1.29, 1.82) is 0 Å². The lowest BCUT2D eigenvalue weighted by Gasteiger charge is -2.35. The summed E-state index contributed by atoms with van der Waals surface area (Å²) in [7, 11) is 1.27. The van der Waals surface area contributed by atoms with Gasteiger partial charge in [-0.2, -0.15) is 0 Å². The van der Waals surface area contributed by atoms with Gasteiger partial charge in [0.15, 0.2) is 0 Å². The molecule has 6 atom stereocenters. The number of carbonyl (C=O) groups excluding carboxylic acids is 4. The summed E-state index contributed by atoms with van der Waals surface area (Å²) in [6, 6.07) is -2.22. The summed E-state index contributed by atoms with van der Waals surface area (Å²) in [6.07, 6.45) is 6.72. The predicted octanol–water partition coefficient (Wildman–Crippen LogP) is 4.08. The number of alkyl carbamates (subject to hydrolysis) is 1. The fraction of sp³-hybridized carbons (Fsp3) is 0.871. The predicted molar refractivity (Wildman–Crippen MR) is 157 cm³/mol. The van der Waals surface area contributed by atoms with E-state index < -0.39 is 53.7 Å². The lowest BCUT2D eigenvalue weighted by atomic mass is 9.79. The molecule has 0 aliphatic heterocycles. The lowest BCUT2D eigenvalue weighted by molar-refractivity contribution is -0.147. The molecule has 2 rings (SSSR count). The minimum Gasteiger partial charge on any atom is -0.467 e. The molecule has 2 fully saturated rings. The molecule has 0 bridgehead atoms. The average Bonchev–Trinajstić information content (AvgIpc) is 3.38. The van der Waals surface area contributed by atoms with E-state index in [1.807, 2.05) is 27.7 Å². The summed E-state index contributed by atoms with van der Waals surface area (Å²) in [5, 5.41) is 20.2. The van der Waals surface area contributed by atoms with Crippen LogP contribution in [0.15, 0.2) is 0 Å². The normalized spacial score (nSPS) is 22.9. The first-order chi connectivity index (χ1) is 19.1. The summed E-state index contributed by atoms with van der Waals surface area (Å²) in [5.74, 6) is -2.19. The highest BCUT2D eigenvalue weighted by Gasteiger charge is 2.43. The number of aliphatic hydroxyl groups is 1. The maximum absolute atomic E-state index is 13.6. The van der Waals surface area contributed by atoms with Gasteiger partial charge in [-0.1, -0.05) is 66.2 Å². The van der Waals surface area contributed by atoms with Crippen molar-refractivity contribution in [3.05, 3.63) is 0 Å². The maximum Gasteiger partial charge on any atom is 0.407 e. The van der Waals surface area contributed by atoms with Crippen LogP contribution in [0.5, 0.6) is 0 Å². The van der Waals surface area contributed by atoms with Crippen molar-refractivity contribution in [2.45, 2.75) is 136 Å². The maximum atomic E-state index is 13.6. The quantitative estimate of drug-likeness (QED) is 0.254. The van der Waals surface area contributed by atoms with Gasteiger partial charge >= 0.3 is 12.1 Å². The molecule has 0 heterocycles. The largest absolute Gasteiger partial charge is 0.467 e. The molecule has 3 amide bonds. The van der Waals surface area contributed by atoms with Crippen LogP contribution >= 0.6 is 0 Å². The highest BCUT2D eigenvalue weighted by molar-refractivity contribution is 5.91. The van der Waals surface area contributed by atoms with Crippen LogP contribution in [-0.2, 0) is 23.9 Å². The fourth-order valence-corrected chi connectivity index (χ4v) is 6.21. The van der Waals surface area contributed by atoms with Crippen molar-refractivity contribution < 1.29 is 33.8 Å². The first-order valence-corrected chi connectivity index (χ1v) is 15.5. The fourth-order valence-electron chi connectivity index (χ4n) is 6.21. The van der Waals surface area contributed by atoms with Crippen molar-refractivity contribution in [3.63, 3.8) is 0 Å². The molecular weight excluding hydrogens is 526 g/mol. The zero-order valence-corrected chi connectivity index (χ0v) is 26.5. The Kier molecular flexibility index (Phi) is 13.4. The first kappa shape index (κ1) is 34.8. The second-order valence-corrected chi connectivity index (χ2v) is 13.7. The number of ether oxygens (including phenoxy) is 2. The Bertz CT molecular complexity index is 879. The van der Waals surface area contributed by atoms with E-state index in [1.54, 1.807) is 20.8 Å². The van der Waals surface area contributed by atoms with Crippen LogP contribution < -0.4 is 16.0 Å². The molecule has 0 aromatic rings. The Labute approximate surface area is 246 Å².